The van der Waals surface area contributed by atoms with Crippen LogP contribution in [0.4, 0.5) is 10.1 Å². The topological polar surface area (TPSA) is 103 Å². The highest BCUT2D eigenvalue weighted by atomic mass is 35.5. The maximum Gasteiger partial charge on any atom is 0.346 e. The number of aromatic carboxylic acids is 1. The van der Waals surface area contributed by atoms with Crippen molar-refractivity contribution in [1.29, 1.82) is 0 Å². The third-order valence-corrected chi connectivity index (χ3v) is 2.60. The first-order valence-corrected chi connectivity index (χ1v) is 5.77. The first kappa shape index (κ1) is 14.7. The first-order valence-electron chi connectivity index (χ1n) is 5.39. The van der Waals surface area contributed by atoms with E-state index in [0.29, 0.717) is 0 Å². The predicted octanol–water partition coefficient (Wildman–Crippen LogP) is 3.27. The zero-order valence-corrected chi connectivity index (χ0v) is 10.9. The second kappa shape index (κ2) is 5.71. The SMILES string of the molecule is O=C(O)c1c(Oc2ncc(Cl)cc2F)cccc1[N+](=O)[O-]. The Morgan fingerprint density at radius 1 is 1.48 bits per heavy atom. The van der Waals surface area contributed by atoms with Crippen molar-refractivity contribution in [1.82, 2.24) is 4.98 Å². The lowest BCUT2D eigenvalue weighted by molar-refractivity contribution is -0.385. The van der Waals surface area contributed by atoms with E-state index in [1.807, 2.05) is 0 Å². The van der Waals surface area contributed by atoms with Crippen LogP contribution in [0.3, 0.4) is 0 Å². The van der Waals surface area contributed by atoms with E-state index < -0.39 is 39.6 Å². The number of benzene rings is 1. The van der Waals surface area contributed by atoms with Crippen molar-refractivity contribution in [2.24, 2.45) is 0 Å². The van der Waals surface area contributed by atoms with Crippen LogP contribution in [0.15, 0.2) is 30.5 Å². The molecule has 0 bridgehead atoms. The van der Waals surface area contributed by atoms with Gasteiger partial charge in [0, 0.05) is 12.3 Å². The molecule has 0 spiro atoms. The maximum atomic E-state index is 13.6. The lowest BCUT2D eigenvalue weighted by Gasteiger charge is -2.08. The third kappa shape index (κ3) is 3.06. The van der Waals surface area contributed by atoms with Gasteiger partial charge in [-0.3, -0.25) is 10.1 Å². The summed E-state index contributed by atoms with van der Waals surface area (Å²) in [5, 5.41) is 19.9. The molecule has 0 amide bonds. The molecule has 1 heterocycles. The Labute approximate surface area is 121 Å². The Morgan fingerprint density at radius 3 is 2.76 bits per heavy atom. The summed E-state index contributed by atoms with van der Waals surface area (Å²) >= 11 is 5.53. The van der Waals surface area contributed by atoms with Gasteiger partial charge < -0.3 is 9.84 Å². The minimum absolute atomic E-state index is 0.0253. The van der Waals surface area contributed by atoms with Crippen LogP contribution < -0.4 is 4.74 Å². The zero-order valence-electron chi connectivity index (χ0n) is 10.1. The molecule has 0 unspecified atom stereocenters. The zero-order chi connectivity index (χ0) is 15.6. The number of rotatable bonds is 4. The molecule has 0 fully saturated rings. The van der Waals surface area contributed by atoms with Crippen LogP contribution in [0, 0.1) is 15.9 Å². The van der Waals surface area contributed by atoms with Crippen LogP contribution in [0.2, 0.25) is 5.02 Å². The van der Waals surface area contributed by atoms with Crippen molar-refractivity contribution >= 4 is 23.3 Å². The molecule has 0 aliphatic heterocycles. The van der Waals surface area contributed by atoms with Crippen LogP contribution in [-0.4, -0.2) is 21.0 Å². The number of nitro groups is 1. The molecule has 7 nitrogen and oxygen atoms in total. The van der Waals surface area contributed by atoms with E-state index in [4.69, 9.17) is 21.4 Å². The molecule has 0 aliphatic rings. The average Bonchev–Trinajstić information content (AvgIpc) is 2.41. The Morgan fingerprint density at radius 2 is 2.19 bits per heavy atom. The highest BCUT2D eigenvalue weighted by Gasteiger charge is 2.25. The number of pyridine rings is 1. The van der Waals surface area contributed by atoms with Gasteiger partial charge >= 0.3 is 5.97 Å². The summed E-state index contributed by atoms with van der Waals surface area (Å²) in [7, 11) is 0. The Hall–Kier alpha value is -2.74. The minimum atomic E-state index is -1.58. The first-order chi connectivity index (χ1) is 9.90. The Balaban J connectivity index is 2.51. The van der Waals surface area contributed by atoms with Gasteiger partial charge in [0.05, 0.1) is 9.95 Å². The van der Waals surface area contributed by atoms with Crippen molar-refractivity contribution < 1.29 is 24.0 Å². The van der Waals surface area contributed by atoms with Crippen LogP contribution in [0.1, 0.15) is 10.4 Å². The minimum Gasteiger partial charge on any atom is -0.477 e. The predicted molar refractivity (Wildman–Crippen MR) is 69.3 cm³/mol. The lowest BCUT2D eigenvalue weighted by Crippen LogP contribution is -2.05. The molecule has 0 radical (unpaired) electrons. The summed E-state index contributed by atoms with van der Waals surface area (Å²) in [6.07, 6.45) is 1.10. The number of nitro benzene ring substituents is 1. The Bertz CT molecular complexity index is 738. The largest absolute Gasteiger partial charge is 0.477 e. The number of carboxylic acids is 1. The van der Waals surface area contributed by atoms with E-state index in [2.05, 4.69) is 4.98 Å². The molecule has 108 valence electrons. The van der Waals surface area contributed by atoms with Gasteiger partial charge in [-0.25, -0.2) is 14.2 Å². The van der Waals surface area contributed by atoms with Gasteiger partial charge in [-0.2, -0.15) is 0 Å². The molecule has 2 rings (SSSR count). The summed E-state index contributed by atoms with van der Waals surface area (Å²) in [6, 6.07) is 4.30. The summed E-state index contributed by atoms with van der Waals surface area (Å²) < 4.78 is 18.6. The molecule has 9 heteroatoms. The molecule has 1 aromatic carbocycles. The van der Waals surface area contributed by atoms with E-state index in [9.17, 15) is 19.3 Å². The van der Waals surface area contributed by atoms with E-state index in [-0.39, 0.29) is 5.02 Å². The van der Waals surface area contributed by atoms with E-state index in [0.717, 1.165) is 24.4 Å². The molecule has 0 saturated carbocycles. The lowest BCUT2D eigenvalue weighted by atomic mass is 10.1. The average molecular weight is 313 g/mol. The van der Waals surface area contributed by atoms with Crippen molar-refractivity contribution in [2.75, 3.05) is 0 Å². The standard InChI is InChI=1S/C12H6ClFN2O5/c13-6-4-7(14)11(15-5-6)21-9-3-1-2-8(16(19)20)10(9)12(17)18/h1-5H,(H,17,18). The quantitative estimate of drug-likeness (QED) is 0.686. The maximum absolute atomic E-state index is 13.6. The van der Waals surface area contributed by atoms with Gasteiger partial charge in [0.25, 0.3) is 11.6 Å². The number of hydrogen-bond donors (Lipinski definition) is 1. The van der Waals surface area contributed by atoms with Crippen molar-refractivity contribution in [3.63, 3.8) is 0 Å². The number of hydrogen-bond acceptors (Lipinski definition) is 5. The fourth-order valence-corrected chi connectivity index (χ4v) is 1.70. The van der Waals surface area contributed by atoms with Crippen LogP contribution >= 0.6 is 11.6 Å². The number of ether oxygens (including phenoxy) is 1. The van der Waals surface area contributed by atoms with Gasteiger partial charge in [-0.05, 0) is 12.1 Å². The number of halogens is 2. The van der Waals surface area contributed by atoms with Crippen molar-refractivity contribution in [3.05, 3.63) is 57.0 Å². The second-order valence-electron chi connectivity index (χ2n) is 3.76. The van der Waals surface area contributed by atoms with Gasteiger partial charge in [-0.15, -0.1) is 0 Å². The van der Waals surface area contributed by atoms with Crippen molar-refractivity contribution in [2.45, 2.75) is 0 Å². The molecule has 2 aromatic rings. The van der Waals surface area contributed by atoms with E-state index >= 15 is 0 Å². The normalized spacial score (nSPS) is 10.2. The van der Waals surface area contributed by atoms with Crippen molar-refractivity contribution in [3.8, 4) is 11.6 Å². The number of carbonyl (C=O) groups is 1. The second-order valence-corrected chi connectivity index (χ2v) is 4.19. The van der Waals surface area contributed by atoms with E-state index in [1.54, 1.807) is 0 Å². The Kier molecular flexibility index (Phi) is 3.99. The number of aromatic nitrogens is 1. The highest BCUT2D eigenvalue weighted by molar-refractivity contribution is 6.30. The monoisotopic (exact) mass is 312 g/mol. The molecular weight excluding hydrogens is 307 g/mol. The van der Waals surface area contributed by atoms with Gasteiger partial charge in [0.2, 0.25) is 0 Å². The fraction of sp³-hybridized carbons (Fsp3) is 0. The molecule has 0 saturated heterocycles. The van der Waals surface area contributed by atoms with Crippen LogP contribution in [-0.2, 0) is 0 Å². The summed E-state index contributed by atoms with van der Waals surface area (Å²) in [4.78, 5) is 24.7. The molecule has 0 atom stereocenters. The van der Waals surface area contributed by atoms with Gasteiger partial charge in [0.15, 0.2) is 17.1 Å². The molecule has 0 aliphatic carbocycles. The van der Waals surface area contributed by atoms with Crippen LogP contribution in [0.25, 0.3) is 0 Å². The molecule has 1 aromatic heterocycles. The molecular formula is C12H6ClFN2O5. The van der Waals surface area contributed by atoms with Crippen LogP contribution in [0.5, 0.6) is 11.6 Å². The highest BCUT2D eigenvalue weighted by Crippen LogP contribution is 2.32. The summed E-state index contributed by atoms with van der Waals surface area (Å²) in [5.41, 5.74) is -1.37. The third-order valence-electron chi connectivity index (χ3n) is 2.40. The fourth-order valence-electron chi connectivity index (χ4n) is 1.55. The smallest absolute Gasteiger partial charge is 0.346 e. The van der Waals surface area contributed by atoms with E-state index in [1.165, 1.54) is 6.07 Å². The van der Waals surface area contributed by atoms with Gasteiger partial charge in [0.1, 0.15) is 0 Å². The number of nitrogens with zero attached hydrogens (tertiary/aromatic N) is 2. The summed E-state index contributed by atoms with van der Waals surface area (Å²) in [5.74, 6) is -3.44. The molecule has 1 N–H and O–H groups in total. The summed E-state index contributed by atoms with van der Waals surface area (Å²) in [6.45, 7) is 0. The van der Waals surface area contributed by atoms with Gasteiger partial charge in [-0.1, -0.05) is 17.7 Å². The number of carboxylic acid groups (broad SMARTS) is 1. The molecule has 21 heavy (non-hydrogen) atoms.